The van der Waals surface area contributed by atoms with Crippen LogP contribution in [0.1, 0.15) is 13.8 Å². The Morgan fingerprint density at radius 3 is 1.78 bits per heavy atom. The second-order valence-corrected chi connectivity index (χ2v) is 1.84. The van der Waals surface area contributed by atoms with Crippen LogP contribution in [0.2, 0.25) is 0 Å². The van der Waals surface area contributed by atoms with Crippen molar-refractivity contribution in [3.63, 3.8) is 0 Å². The number of hydrogen-bond acceptors (Lipinski definition) is 1. The van der Waals surface area contributed by atoms with Crippen molar-refractivity contribution >= 4 is 41.5 Å². The normalized spacial score (nSPS) is 7.89. The van der Waals surface area contributed by atoms with Crippen LogP contribution in [0.3, 0.4) is 0 Å². The molecule has 0 bridgehead atoms. The zero-order chi connectivity index (χ0) is 6.57. The minimum atomic E-state index is -0.144. The van der Waals surface area contributed by atoms with Crippen molar-refractivity contribution in [1.82, 2.24) is 4.90 Å². The van der Waals surface area contributed by atoms with E-state index in [1.165, 1.54) is 0 Å². The zero-order valence-electron chi connectivity index (χ0n) is 5.63. The fourth-order valence-electron chi connectivity index (χ4n) is 0.494. The third-order valence-corrected chi connectivity index (χ3v) is 1.32. The van der Waals surface area contributed by atoms with Crippen molar-refractivity contribution in [3.05, 3.63) is 0 Å². The molecule has 0 aliphatic rings. The molecule has 0 aromatic rings. The smallest absolute Gasteiger partial charge is 0.278 e. The minimum Gasteiger partial charge on any atom is -0.334 e. The van der Waals surface area contributed by atoms with Crippen molar-refractivity contribution < 1.29 is 4.79 Å². The molecular formula is C5H11NOSTe. The predicted octanol–water partition coefficient (Wildman–Crippen LogP) is 0.997. The number of nitrogens with zero attached hydrogens (tertiary/aromatic N) is 1. The fourth-order valence-corrected chi connectivity index (χ4v) is 0.777. The number of carbonyl (C=O) groups excluding carboxylic acids is 1. The molecule has 2 nitrogen and oxygen atoms in total. The number of hydrogen-bond donors (Lipinski definition) is 1. The van der Waals surface area contributed by atoms with Gasteiger partial charge in [-0.25, -0.2) is 0 Å². The monoisotopic (exact) mass is 263 g/mol. The van der Waals surface area contributed by atoms with Crippen LogP contribution in [-0.2, 0) is 0 Å². The van der Waals surface area contributed by atoms with Crippen LogP contribution < -0.4 is 0 Å². The van der Waals surface area contributed by atoms with E-state index >= 15 is 0 Å². The summed E-state index contributed by atoms with van der Waals surface area (Å²) in [6, 6.07) is 0. The third kappa shape index (κ3) is 5.07. The van der Waals surface area contributed by atoms with Gasteiger partial charge in [-0.3, -0.25) is 4.79 Å². The first-order chi connectivity index (χ1) is 3.72. The molecule has 0 rings (SSSR count). The van der Waals surface area contributed by atoms with Gasteiger partial charge in [-0.05, 0) is 13.8 Å². The van der Waals surface area contributed by atoms with E-state index in [0.717, 1.165) is 13.1 Å². The zero-order valence-corrected chi connectivity index (χ0v) is 8.85. The van der Waals surface area contributed by atoms with Gasteiger partial charge in [0.1, 0.15) is 0 Å². The Balaban J connectivity index is 0. The quantitative estimate of drug-likeness (QED) is 0.580. The van der Waals surface area contributed by atoms with Crippen molar-refractivity contribution in [2.45, 2.75) is 13.8 Å². The topological polar surface area (TPSA) is 20.3 Å². The van der Waals surface area contributed by atoms with Crippen LogP contribution in [0, 0.1) is 0 Å². The third-order valence-electron chi connectivity index (χ3n) is 1.03. The Bertz CT molecular complexity index is 85.0. The fraction of sp³-hybridized carbons (Fsp3) is 0.800. The minimum absolute atomic E-state index is 0. The largest absolute Gasteiger partial charge is 0.334 e. The summed E-state index contributed by atoms with van der Waals surface area (Å²) in [5, 5.41) is -0.144. The molecule has 0 N–H and O–H groups in total. The Hall–Kier alpha value is 0.610. The van der Waals surface area contributed by atoms with Gasteiger partial charge < -0.3 is 4.90 Å². The van der Waals surface area contributed by atoms with E-state index in [1.54, 1.807) is 4.90 Å². The van der Waals surface area contributed by atoms with Crippen LogP contribution in [-0.4, -0.2) is 46.9 Å². The summed E-state index contributed by atoms with van der Waals surface area (Å²) >= 11 is 3.64. The van der Waals surface area contributed by atoms with Gasteiger partial charge in [-0.2, -0.15) is 0 Å². The van der Waals surface area contributed by atoms with Crippen molar-refractivity contribution in [2.75, 3.05) is 13.1 Å². The van der Waals surface area contributed by atoms with Gasteiger partial charge in [0.15, 0.2) is 0 Å². The standard InChI is InChI=1S/C5H11NOS.Te/c1-3-6(4-2)5(7)8;/h3-4H2,1-2H3,(H,7,8);. The summed E-state index contributed by atoms with van der Waals surface area (Å²) in [4.78, 5) is 12.0. The first-order valence-electron chi connectivity index (χ1n) is 2.70. The molecule has 0 atom stereocenters. The molecule has 0 spiro atoms. The summed E-state index contributed by atoms with van der Waals surface area (Å²) in [6.45, 7) is 5.35. The van der Waals surface area contributed by atoms with Gasteiger partial charge >= 0.3 is 0 Å². The molecule has 9 heavy (non-hydrogen) atoms. The summed E-state index contributed by atoms with van der Waals surface area (Å²) < 4.78 is 0. The summed E-state index contributed by atoms with van der Waals surface area (Å²) in [5.41, 5.74) is 0. The Morgan fingerprint density at radius 2 is 1.78 bits per heavy atom. The van der Waals surface area contributed by atoms with E-state index in [9.17, 15) is 4.79 Å². The molecule has 1 amide bonds. The molecule has 0 saturated heterocycles. The average Bonchev–Trinajstić information content (AvgIpc) is 1.69. The van der Waals surface area contributed by atoms with Crippen molar-refractivity contribution in [3.8, 4) is 0 Å². The molecule has 0 heterocycles. The van der Waals surface area contributed by atoms with Gasteiger partial charge in [0.25, 0.3) is 5.24 Å². The first kappa shape index (κ1) is 12.3. The Morgan fingerprint density at radius 1 is 1.44 bits per heavy atom. The molecule has 0 aromatic heterocycles. The van der Waals surface area contributed by atoms with E-state index in [0.29, 0.717) is 0 Å². The molecule has 2 radical (unpaired) electrons. The molecule has 0 unspecified atom stereocenters. The van der Waals surface area contributed by atoms with E-state index < -0.39 is 0 Å². The molecule has 0 fully saturated rings. The van der Waals surface area contributed by atoms with E-state index in [4.69, 9.17) is 0 Å². The average molecular weight is 261 g/mol. The first-order valence-corrected chi connectivity index (χ1v) is 3.15. The Kier molecular flexibility index (Phi) is 9.19. The maximum Gasteiger partial charge on any atom is 0.278 e. The number of rotatable bonds is 2. The van der Waals surface area contributed by atoms with Crippen LogP contribution in [0.15, 0.2) is 0 Å². The van der Waals surface area contributed by atoms with E-state index in [1.807, 2.05) is 13.8 Å². The molecule has 0 aliphatic carbocycles. The summed E-state index contributed by atoms with van der Waals surface area (Å²) in [7, 11) is 0. The summed E-state index contributed by atoms with van der Waals surface area (Å²) in [5.74, 6) is 0. The maximum absolute atomic E-state index is 10.4. The maximum atomic E-state index is 10.4. The molecule has 54 valence electrons. The van der Waals surface area contributed by atoms with E-state index in [2.05, 4.69) is 12.6 Å². The van der Waals surface area contributed by atoms with Crippen molar-refractivity contribution in [2.24, 2.45) is 0 Å². The van der Waals surface area contributed by atoms with Gasteiger partial charge in [0, 0.05) is 36.8 Å². The number of thiol groups is 1. The van der Waals surface area contributed by atoms with Gasteiger partial charge in [-0.15, -0.1) is 0 Å². The van der Waals surface area contributed by atoms with E-state index in [-0.39, 0.29) is 28.9 Å². The van der Waals surface area contributed by atoms with Crippen LogP contribution in [0.25, 0.3) is 0 Å². The number of amides is 1. The molecule has 0 aromatic carbocycles. The molecule has 0 saturated carbocycles. The van der Waals surface area contributed by atoms with Gasteiger partial charge in [0.05, 0.1) is 0 Å². The van der Waals surface area contributed by atoms with Crippen LogP contribution in [0.4, 0.5) is 4.79 Å². The Labute approximate surface area is 78.1 Å². The second kappa shape index (κ2) is 6.73. The van der Waals surface area contributed by atoms with Gasteiger partial charge in [-0.1, -0.05) is 12.6 Å². The summed E-state index contributed by atoms with van der Waals surface area (Å²) in [6.07, 6.45) is 0. The molecule has 4 heteroatoms. The number of carbonyl (C=O) groups is 1. The molecule has 0 aliphatic heterocycles. The SMILES string of the molecule is CCN(CC)C(=O)S.[Te]. The predicted molar refractivity (Wildman–Crippen MR) is 43.1 cm³/mol. The molecular weight excluding hydrogens is 250 g/mol. The van der Waals surface area contributed by atoms with Gasteiger partial charge in [0.2, 0.25) is 0 Å². The van der Waals surface area contributed by atoms with Crippen molar-refractivity contribution in [1.29, 1.82) is 0 Å². The van der Waals surface area contributed by atoms with Crippen LogP contribution in [0.5, 0.6) is 0 Å². The second-order valence-electron chi connectivity index (χ2n) is 1.45. The van der Waals surface area contributed by atoms with Crippen LogP contribution >= 0.6 is 12.6 Å².